The largest absolute Gasteiger partial charge is 0.462 e. The van der Waals surface area contributed by atoms with Crippen molar-refractivity contribution in [1.29, 1.82) is 0 Å². The molecule has 0 aliphatic rings. The number of carbonyl (C=O) groups is 3. The summed E-state index contributed by atoms with van der Waals surface area (Å²) in [6.07, 6.45) is 62.4. The van der Waals surface area contributed by atoms with E-state index in [9.17, 15) is 14.4 Å². The third-order valence-electron chi connectivity index (χ3n) is 15.9. The zero-order chi connectivity index (χ0) is 52.6. The summed E-state index contributed by atoms with van der Waals surface area (Å²) in [4.78, 5) is 38.3. The molecule has 6 heteroatoms. The van der Waals surface area contributed by atoms with Crippen LogP contribution in [0.25, 0.3) is 0 Å². The van der Waals surface area contributed by atoms with Gasteiger partial charge in [0.05, 0.1) is 0 Å². The van der Waals surface area contributed by atoms with Crippen LogP contribution in [-0.2, 0) is 28.6 Å². The quantitative estimate of drug-likeness (QED) is 0.0343. The SMILES string of the molecule is CCC(C)CCCCCCCCCCCCCCCCCCCCC(=O)OC[C@H](COC(=O)CCCCCCCCCCCCCC(C)C)OC(=O)CCCCCCCCCCCCCCCCC(C)CC. The maximum absolute atomic E-state index is 12.9. The maximum Gasteiger partial charge on any atom is 0.306 e. The molecule has 2 unspecified atom stereocenters. The van der Waals surface area contributed by atoms with Crippen LogP contribution in [0, 0.1) is 17.8 Å². The first-order valence-electron chi connectivity index (χ1n) is 32.7. The van der Waals surface area contributed by atoms with Gasteiger partial charge in [0.2, 0.25) is 0 Å². The van der Waals surface area contributed by atoms with Crippen molar-refractivity contribution in [3.05, 3.63) is 0 Å². The Morgan fingerprint density at radius 2 is 0.486 bits per heavy atom. The average Bonchev–Trinajstić information content (AvgIpc) is 3.37. The van der Waals surface area contributed by atoms with Gasteiger partial charge in [-0.3, -0.25) is 14.4 Å². The highest BCUT2D eigenvalue weighted by atomic mass is 16.6. The molecule has 3 atom stereocenters. The minimum atomic E-state index is -0.765. The van der Waals surface area contributed by atoms with E-state index < -0.39 is 6.10 Å². The summed E-state index contributed by atoms with van der Waals surface area (Å²) in [7, 11) is 0. The van der Waals surface area contributed by atoms with Gasteiger partial charge in [0.15, 0.2) is 6.10 Å². The number of esters is 3. The number of hydrogen-bond acceptors (Lipinski definition) is 6. The smallest absolute Gasteiger partial charge is 0.306 e. The Morgan fingerprint density at radius 3 is 0.722 bits per heavy atom. The van der Waals surface area contributed by atoms with Gasteiger partial charge in [0.25, 0.3) is 0 Å². The summed E-state index contributed by atoms with van der Waals surface area (Å²) in [5, 5.41) is 0. The zero-order valence-corrected chi connectivity index (χ0v) is 49.7. The van der Waals surface area contributed by atoms with E-state index in [0.717, 1.165) is 75.5 Å². The predicted octanol–water partition coefficient (Wildman–Crippen LogP) is 21.8. The van der Waals surface area contributed by atoms with Crippen LogP contribution in [0.3, 0.4) is 0 Å². The Labute approximate surface area is 450 Å². The lowest BCUT2D eigenvalue weighted by atomic mass is 9.99. The Kier molecular flexibility index (Phi) is 55.9. The summed E-state index contributed by atoms with van der Waals surface area (Å²) in [5.74, 6) is 1.80. The van der Waals surface area contributed by atoms with Gasteiger partial charge in [-0.15, -0.1) is 0 Å². The molecular formula is C66H128O6. The van der Waals surface area contributed by atoms with E-state index in [1.807, 2.05) is 0 Å². The maximum atomic E-state index is 12.9. The molecule has 0 bridgehead atoms. The van der Waals surface area contributed by atoms with Crippen molar-refractivity contribution >= 4 is 17.9 Å². The molecule has 0 rings (SSSR count). The fourth-order valence-electron chi connectivity index (χ4n) is 10.2. The molecular weight excluding hydrogens is 889 g/mol. The van der Waals surface area contributed by atoms with E-state index in [1.165, 1.54) is 250 Å². The molecule has 0 heterocycles. The highest BCUT2D eigenvalue weighted by molar-refractivity contribution is 5.71. The molecule has 0 aromatic carbocycles. The van der Waals surface area contributed by atoms with Gasteiger partial charge in [0.1, 0.15) is 13.2 Å². The molecule has 0 aliphatic heterocycles. The summed E-state index contributed by atoms with van der Waals surface area (Å²) >= 11 is 0. The van der Waals surface area contributed by atoms with Crippen molar-refractivity contribution in [2.45, 2.75) is 375 Å². The van der Waals surface area contributed by atoms with E-state index in [4.69, 9.17) is 14.2 Å². The minimum absolute atomic E-state index is 0.0626. The van der Waals surface area contributed by atoms with Gasteiger partial charge in [-0.1, -0.05) is 330 Å². The third-order valence-corrected chi connectivity index (χ3v) is 15.9. The molecule has 0 spiro atoms. The van der Waals surface area contributed by atoms with Crippen LogP contribution >= 0.6 is 0 Å². The fourth-order valence-corrected chi connectivity index (χ4v) is 10.2. The monoisotopic (exact) mass is 1020 g/mol. The summed E-state index contributed by atoms with van der Waals surface area (Å²) in [6.45, 7) is 13.9. The highest BCUT2D eigenvalue weighted by Gasteiger charge is 2.20. The third kappa shape index (κ3) is 56.1. The van der Waals surface area contributed by atoms with E-state index in [0.29, 0.717) is 19.3 Å². The lowest BCUT2D eigenvalue weighted by molar-refractivity contribution is -0.167. The lowest BCUT2D eigenvalue weighted by Crippen LogP contribution is -2.30. The van der Waals surface area contributed by atoms with E-state index in [-0.39, 0.29) is 31.1 Å². The first-order valence-corrected chi connectivity index (χ1v) is 32.7. The van der Waals surface area contributed by atoms with Crippen LogP contribution in [0.1, 0.15) is 369 Å². The van der Waals surface area contributed by atoms with E-state index >= 15 is 0 Å². The second kappa shape index (κ2) is 57.1. The molecule has 0 N–H and O–H groups in total. The zero-order valence-electron chi connectivity index (χ0n) is 49.7. The highest BCUT2D eigenvalue weighted by Crippen LogP contribution is 2.20. The van der Waals surface area contributed by atoms with E-state index in [2.05, 4.69) is 41.5 Å². The molecule has 428 valence electrons. The molecule has 0 aromatic heterocycles. The molecule has 0 aromatic rings. The lowest BCUT2D eigenvalue weighted by Gasteiger charge is -2.18. The Balaban J connectivity index is 4.26. The summed E-state index contributed by atoms with van der Waals surface area (Å²) in [6, 6.07) is 0. The van der Waals surface area contributed by atoms with Gasteiger partial charge in [-0.25, -0.2) is 0 Å². The number of carbonyl (C=O) groups excluding carboxylic acids is 3. The van der Waals surface area contributed by atoms with Crippen molar-refractivity contribution in [1.82, 2.24) is 0 Å². The molecule has 0 saturated heterocycles. The first kappa shape index (κ1) is 70.4. The predicted molar refractivity (Wildman–Crippen MR) is 312 cm³/mol. The van der Waals surface area contributed by atoms with Gasteiger partial charge >= 0.3 is 17.9 Å². The Morgan fingerprint density at radius 1 is 0.278 bits per heavy atom. The number of unbranched alkanes of at least 4 members (excludes halogenated alkanes) is 40. The van der Waals surface area contributed by atoms with Crippen LogP contribution < -0.4 is 0 Å². The van der Waals surface area contributed by atoms with E-state index in [1.54, 1.807) is 0 Å². The van der Waals surface area contributed by atoms with Crippen molar-refractivity contribution < 1.29 is 28.6 Å². The number of hydrogen-bond donors (Lipinski definition) is 0. The van der Waals surface area contributed by atoms with Crippen LogP contribution in [0.15, 0.2) is 0 Å². The van der Waals surface area contributed by atoms with Gasteiger partial charge in [-0.2, -0.15) is 0 Å². The van der Waals surface area contributed by atoms with Crippen molar-refractivity contribution in [3.8, 4) is 0 Å². The van der Waals surface area contributed by atoms with Gasteiger partial charge in [0, 0.05) is 19.3 Å². The van der Waals surface area contributed by atoms with Crippen molar-refractivity contribution in [2.24, 2.45) is 17.8 Å². The topological polar surface area (TPSA) is 78.9 Å². The second-order valence-electron chi connectivity index (χ2n) is 23.7. The molecule has 6 nitrogen and oxygen atoms in total. The van der Waals surface area contributed by atoms with Crippen molar-refractivity contribution in [2.75, 3.05) is 13.2 Å². The molecule has 0 fully saturated rings. The Bertz CT molecular complexity index is 1120. The number of ether oxygens (including phenoxy) is 3. The molecule has 0 aliphatic carbocycles. The summed E-state index contributed by atoms with van der Waals surface area (Å²) < 4.78 is 17.0. The standard InChI is InChI=1S/C66H128O6/c1-7-61(5)53-47-41-35-29-23-17-13-11-9-10-12-14-19-25-31-37-43-49-55-64(67)70-58-63(59-71-65(68)56-50-44-38-32-27-21-22-28-34-40-46-52-60(3)4)72-66(69)57-51-45-39-33-26-20-16-15-18-24-30-36-42-48-54-62(6)8-2/h60-63H,7-59H2,1-6H3/t61?,62?,63-/m1/s1. The van der Waals surface area contributed by atoms with Crippen molar-refractivity contribution in [3.63, 3.8) is 0 Å². The fraction of sp³-hybridized carbons (Fsp3) is 0.955. The van der Waals surface area contributed by atoms with Crippen LogP contribution in [0.5, 0.6) is 0 Å². The average molecular weight is 1020 g/mol. The Hall–Kier alpha value is -1.59. The van der Waals surface area contributed by atoms with Crippen LogP contribution in [0.2, 0.25) is 0 Å². The molecule has 0 amide bonds. The summed E-state index contributed by atoms with van der Waals surface area (Å²) in [5.41, 5.74) is 0. The van der Waals surface area contributed by atoms with Crippen LogP contribution in [0.4, 0.5) is 0 Å². The molecule has 0 radical (unpaired) electrons. The second-order valence-corrected chi connectivity index (χ2v) is 23.7. The molecule has 72 heavy (non-hydrogen) atoms. The normalized spacial score (nSPS) is 12.9. The van der Waals surface area contributed by atoms with Gasteiger partial charge < -0.3 is 14.2 Å². The number of rotatable bonds is 59. The van der Waals surface area contributed by atoms with Gasteiger partial charge in [-0.05, 0) is 37.0 Å². The first-order chi connectivity index (χ1) is 35.2. The van der Waals surface area contributed by atoms with Crippen LogP contribution in [-0.4, -0.2) is 37.2 Å². The minimum Gasteiger partial charge on any atom is -0.462 e. The molecule has 0 saturated carbocycles.